The maximum absolute atomic E-state index is 12.7. The van der Waals surface area contributed by atoms with Gasteiger partial charge in [0.05, 0.1) is 23.6 Å². The molecule has 1 aliphatic heterocycles. The Morgan fingerprint density at radius 1 is 1.15 bits per heavy atom. The van der Waals surface area contributed by atoms with Crippen LogP contribution in [0.5, 0.6) is 0 Å². The van der Waals surface area contributed by atoms with Gasteiger partial charge in [0.1, 0.15) is 0 Å². The molecule has 0 aromatic heterocycles. The average molecular weight is 473 g/mol. The molecule has 0 spiro atoms. The fourth-order valence-electron chi connectivity index (χ4n) is 3.78. The molecule has 176 valence electrons. The van der Waals surface area contributed by atoms with Crippen LogP contribution in [0, 0.1) is 13.8 Å². The normalized spacial score (nSPS) is 16.2. The van der Waals surface area contributed by atoms with Crippen molar-refractivity contribution in [2.45, 2.75) is 31.2 Å². The number of primary sulfonamides is 1. The third-order valence-corrected chi connectivity index (χ3v) is 6.37. The second-order valence-corrected chi connectivity index (χ2v) is 9.45. The van der Waals surface area contributed by atoms with E-state index in [1.807, 2.05) is 32.0 Å². The molecule has 0 saturated carbocycles. The van der Waals surface area contributed by atoms with E-state index in [2.05, 4.69) is 16.0 Å². The van der Waals surface area contributed by atoms with Gasteiger partial charge in [-0.05, 0) is 55.6 Å². The quantitative estimate of drug-likeness (QED) is 0.340. The van der Waals surface area contributed by atoms with Gasteiger partial charge in [0.15, 0.2) is 0 Å². The summed E-state index contributed by atoms with van der Waals surface area (Å²) >= 11 is 0. The highest BCUT2D eigenvalue weighted by Crippen LogP contribution is 2.30. The number of carbonyl (C=O) groups is 2. The van der Waals surface area contributed by atoms with Gasteiger partial charge < -0.3 is 20.7 Å². The zero-order chi connectivity index (χ0) is 24.2. The van der Waals surface area contributed by atoms with Crippen molar-refractivity contribution in [3.63, 3.8) is 0 Å². The number of hydrogen-bond acceptors (Lipinski definition) is 6. The smallest absolute Gasteiger partial charge is 0.338 e. The fraction of sp³-hybridized carbons (Fsp3) is 0.304. The van der Waals surface area contributed by atoms with E-state index in [9.17, 15) is 18.0 Å². The molecule has 1 unspecified atom stereocenters. The van der Waals surface area contributed by atoms with Gasteiger partial charge >= 0.3 is 12.0 Å². The number of urea groups is 1. The first-order valence-electron chi connectivity index (χ1n) is 10.4. The number of sulfonamides is 1. The minimum absolute atomic E-state index is 0.0574. The summed E-state index contributed by atoms with van der Waals surface area (Å²) in [7, 11) is -2.42. The highest BCUT2D eigenvalue weighted by atomic mass is 32.2. The molecule has 33 heavy (non-hydrogen) atoms. The number of hydrogen-bond donors (Lipinski definition) is 4. The van der Waals surface area contributed by atoms with Crippen molar-refractivity contribution in [3.8, 4) is 0 Å². The van der Waals surface area contributed by atoms with E-state index in [1.54, 1.807) is 12.1 Å². The van der Waals surface area contributed by atoms with Gasteiger partial charge in [0.2, 0.25) is 10.0 Å². The van der Waals surface area contributed by atoms with Crippen LogP contribution in [0.4, 0.5) is 4.79 Å². The number of esters is 1. The molecule has 0 aliphatic carbocycles. The standard InChI is InChI=1S/C23H28N4O5S/c1-14-4-9-18(15(2)12-14)21-20(22(28)32-3)19(26-23(29)27-21)13-25-11-10-16-5-7-17(8-6-16)33(24,30)31/h4-9,12,21,25H,10-11,13H2,1-3H3,(H2,24,30,31)(H2,26,27,29). The predicted octanol–water partition coefficient (Wildman–Crippen LogP) is 1.56. The van der Waals surface area contributed by atoms with Crippen molar-refractivity contribution < 1.29 is 22.7 Å². The van der Waals surface area contributed by atoms with E-state index in [0.29, 0.717) is 24.2 Å². The van der Waals surface area contributed by atoms with Crippen molar-refractivity contribution in [1.82, 2.24) is 16.0 Å². The van der Waals surface area contributed by atoms with Gasteiger partial charge in [0.25, 0.3) is 0 Å². The van der Waals surface area contributed by atoms with Gasteiger partial charge in [-0.15, -0.1) is 0 Å². The Bertz CT molecular complexity index is 1190. The SMILES string of the molecule is COC(=O)C1=C(CNCCc2ccc(S(N)(=O)=O)cc2)NC(=O)NC1c1ccc(C)cc1C. The van der Waals surface area contributed by atoms with Crippen LogP contribution in [0.15, 0.2) is 58.6 Å². The number of nitrogens with two attached hydrogens (primary N) is 1. The zero-order valence-corrected chi connectivity index (χ0v) is 19.6. The molecule has 0 radical (unpaired) electrons. The van der Waals surface area contributed by atoms with Gasteiger partial charge in [0, 0.05) is 12.2 Å². The summed E-state index contributed by atoms with van der Waals surface area (Å²) in [6, 6.07) is 11.1. The summed E-state index contributed by atoms with van der Waals surface area (Å²) in [5, 5.41) is 13.9. The van der Waals surface area contributed by atoms with Crippen molar-refractivity contribution in [2.24, 2.45) is 5.14 Å². The number of methoxy groups -OCH3 is 1. The summed E-state index contributed by atoms with van der Waals surface area (Å²) in [4.78, 5) is 25.1. The highest BCUT2D eigenvalue weighted by Gasteiger charge is 2.33. The molecule has 10 heteroatoms. The molecule has 2 aromatic carbocycles. The van der Waals surface area contributed by atoms with E-state index >= 15 is 0 Å². The molecule has 0 bridgehead atoms. The predicted molar refractivity (Wildman–Crippen MR) is 124 cm³/mol. The van der Waals surface area contributed by atoms with Crippen LogP contribution < -0.4 is 21.1 Å². The Morgan fingerprint density at radius 3 is 2.45 bits per heavy atom. The summed E-state index contributed by atoms with van der Waals surface area (Å²) < 4.78 is 27.7. The van der Waals surface area contributed by atoms with E-state index in [1.165, 1.54) is 19.2 Å². The first kappa shape index (κ1) is 24.4. The Morgan fingerprint density at radius 2 is 1.85 bits per heavy atom. The molecular weight excluding hydrogens is 444 g/mol. The maximum atomic E-state index is 12.7. The van der Waals surface area contributed by atoms with Crippen molar-refractivity contribution in [2.75, 3.05) is 20.2 Å². The highest BCUT2D eigenvalue weighted by molar-refractivity contribution is 7.89. The number of ether oxygens (including phenoxy) is 1. The molecule has 2 amide bonds. The minimum Gasteiger partial charge on any atom is -0.466 e. The van der Waals surface area contributed by atoms with E-state index in [0.717, 1.165) is 22.3 Å². The van der Waals surface area contributed by atoms with Crippen LogP contribution in [0.2, 0.25) is 0 Å². The molecule has 1 heterocycles. The van der Waals surface area contributed by atoms with Crippen molar-refractivity contribution >= 4 is 22.0 Å². The van der Waals surface area contributed by atoms with Crippen LogP contribution in [0.3, 0.4) is 0 Å². The molecule has 3 rings (SSSR count). The Balaban J connectivity index is 1.76. The topological polar surface area (TPSA) is 140 Å². The second-order valence-electron chi connectivity index (χ2n) is 7.89. The van der Waals surface area contributed by atoms with Crippen LogP contribution >= 0.6 is 0 Å². The van der Waals surface area contributed by atoms with Crippen LogP contribution in [0.25, 0.3) is 0 Å². The van der Waals surface area contributed by atoms with E-state index < -0.39 is 28.1 Å². The summed E-state index contributed by atoms with van der Waals surface area (Å²) in [6.07, 6.45) is 0.610. The lowest BCUT2D eigenvalue weighted by Gasteiger charge is -2.30. The molecular formula is C23H28N4O5S. The Kier molecular flexibility index (Phi) is 7.52. The zero-order valence-electron chi connectivity index (χ0n) is 18.8. The van der Waals surface area contributed by atoms with Gasteiger partial charge in [-0.1, -0.05) is 35.9 Å². The first-order valence-corrected chi connectivity index (χ1v) is 11.9. The molecule has 1 aliphatic rings. The lowest BCUT2D eigenvalue weighted by Crippen LogP contribution is -2.48. The van der Waals surface area contributed by atoms with Crippen molar-refractivity contribution in [3.05, 3.63) is 76.0 Å². The lowest BCUT2D eigenvalue weighted by molar-refractivity contribution is -0.136. The number of rotatable bonds is 8. The number of amides is 2. The van der Waals surface area contributed by atoms with Crippen LogP contribution in [-0.4, -0.2) is 40.6 Å². The van der Waals surface area contributed by atoms with Gasteiger partial charge in [-0.3, -0.25) is 0 Å². The average Bonchev–Trinajstić information content (AvgIpc) is 2.75. The minimum atomic E-state index is -3.73. The molecule has 1 atom stereocenters. The van der Waals surface area contributed by atoms with Crippen molar-refractivity contribution in [1.29, 1.82) is 0 Å². The van der Waals surface area contributed by atoms with E-state index in [4.69, 9.17) is 9.88 Å². The molecule has 9 nitrogen and oxygen atoms in total. The Labute approximate surface area is 193 Å². The van der Waals surface area contributed by atoms with Gasteiger partial charge in [-0.2, -0.15) is 0 Å². The van der Waals surface area contributed by atoms with Crippen LogP contribution in [-0.2, 0) is 26.0 Å². The largest absolute Gasteiger partial charge is 0.466 e. The summed E-state index contributed by atoms with van der Waals surface area (Å²) in [6.45, 7) is 4.69. The Hall–Kier alpha value is -3.21. The number of nitrogens with one attached hydrogen (secondary N) is 3. The summed E-state index contributed by atoms with van der Waals surface area (Å²) in [5.41, 5.74) is 4.56. The fourth-order valence-corrected chi connectivity index (χ4v) is 4.30. The molecule has 2 aromatic rings. The third-order valence-electron chi connectivity index (χ3n) is 5.44. The van der Waals surface area contributed by atoms with E-state index in [-0.39, 0.29) is 11.4 Å². The lowest BCUT2D eigenvalue weighted by atomic mass is 9.91. The van der Waals surface area contributed by atoms with Gasteiger partial charge in [-0.25, -0.2) is 23.1 Å². The third kappa shape index (κ3) is 5.98. The summed E-state index contributed by atoms with van der Waals surface area (Å²) in [5.74, 6) is -0.525. The first-order chi connectivity index (χ1) is 15.6. The molecule has 0 saturated heterocycles. The number of benzene rings is 2. The monoisotopic (exact) mass is 472 g/mol. The second kappa shape index (κ2) is 10.2. The number of aryl methyl sites for hydroxylation is 2. The maximum Gasteiger partial charge on any atom is 0.338 e. The molecule has 0 fully saturated rings. The number of carbonyl (C=O) groups excluding carboxylic acids is 2. The van der Waals surface area contributed by atoms with Crippen LogP contribution in [0.1, 0.15) is 28.3 Å². The molecule has 5 N–H and O–H groups in total.